The summed E-state index contributed by atoms with van der Waals surface area (Å²) in [7, 11) is 1.46. The molecule has 4 rings (SSSR count). The summed E-state index contributed by atoms with van der Waals surface area (Å²) < 4.78 is 35.3. The molecular weight excluding hydrogens is 364 g/mol. The van der Waals surface area contributed by atoms with Gasteiger partial charge in [-0.2, -0.15) is 0 Å². The lowest BCUT2D eigenvalue weighted by Gasteiger charge is -2.21. The Morgan fingerprint density at radius 1 is 0.893 bits per heavy atom. The third-order valence-corrected chi connectivity index (χ3v) is 4.80. The van der Waals surface area contributed by atoms with Crippen molar-refractivity contribution in [3.8, 4) is 5.75 Å². The van der Waals surface area contributed by atoms with Crippen molar-refractivity contribution in [1.82, 2.24) is 0 Å². The van der Waals surface area contributed by atoms with Crippen LogP contribution in [0.1, 0.15) is 37.4 Å². The molecule has 1 N–H and O–H groups in total. The summed E-state index contributed by atoms with van der Waals surface area (Å²) in [6.07, 6.45) is 0. The van der Waals surface area contributed by atoms with Crippen LogP contribution in [0.15, 0.2) is 48.5 Å². The SMILES string of the molecule is COc1cccc(C)c1Nc1cc(F)c2c(c1F)C(=O)c1ccccc1C2=O. The van der Waals surface area contributed by atoms with Crippen LogP contribution in [0, 0.1) is 18.6 Å². The Hall–Kier alpha value is -3.54. The monoisotopic (exact) mass is 379 g/mol. The lowest BCUT2D eigenvalue weighted by Crippen LogP contribution is -2.24. The van der Waals surface area contributed by atoms with E-state index in [1.54, 1.807) is 37.3 Å². The topological polar surface area (TPSA) is 55.4 Å². The van der Waals surface area contributed by atoms with Crippen molar-refractivity contribution in [3.63, 3.8) is 0 Å². The van der Waals surface area contributed by atoms with Crippen molar-refractivity contribution in [3.05, 3.63) is 88.0 Å². The lowest BCUT2D eigenvalue weighted by molar-refractivity contribution is 0.0972. The number of halogens is 2. The van der Waals surface area contributed by atoms with Gasteiger partial charge in [-0.15, -0.1) is 0 Å². The average Bonchev–Trinajstić information content (AvgIpc) is 2.70. The van der Waals surface area contributed by atoms with E-state index in [9.17, 15) is 14.0 Å². The molecule has 0 saturated carbocycles. The zero-order chi connectivity index (χ0) is 20.0. The molecule has 3 aromatic rings. The van der Waals surface area contributed by atoms with E-state index >= 15 is 4.39 Å². The van der Waals surface area contributed by atoms with E-state index in [1.165, 1.54) is 19.2 Å². The van der Waals surface area contributed by atoms with Crippen molar-refractivity contribution in [1.29, 1.82) is 0 Å². The highest BCUT2D eigenvalue weighted by Crippen LogP contribution is 2.37. The summed E-state index contributed by atoms with van der Waals surface area (Å²) in [6.45, 7) is 1.78. The predicted molar refractivity (Wildman–Crippen MR) is 101 cm³/mol. The average molecular weight is 379 g/mol. The van der Waals surface area contributed by atoms with Gasteiger partial charge >= 0.3 is 0 Å². The van der Waals surface area contributed by atoms with E-state index in [-0.39, 0.29) is 16.8 Å². The van der Waals surface area contributed by atoms with Crippen molar-refractivity contribution in [2.24, 2.45) is 0 Å². The number of hydrogen-bond donors (Lipinski definition) is 1. The number of rotatable bonds is 3. The fourth-order valence-corrected chi connectivity index (χ4v) is 3.41. The fourth-order valence-electron chi connectivity index (χ4n) is 3.41. The first-order valence-corrected chi connectivity index (χ1v) is 8.55. The van der Waals surface area contributed by atoms with Crippen LogP contribution in [-0.2, 0) is 0 Å². The number of fused-ring (bicyclic) bond motifs is 2. The van der Waals surface area contributed by atoms with E-state index < -0.39 is 34.3 Å². The minimum absolute atomic E-state index is 0.0592. The molecule has 0 bridgehead atoms. The van der Waals surface area contributed by atoms with E-state index in [4.69, 9.17) is 4.74 Å². The summed E-state index contributed by atoms with van der Waals surface area (Å²) in [5, 5.41) is 2.81. The van der Waals surface area contributed by atoms with Crippen LogP contribution in [0.4, 0.5) is 20.2 Å². The van der Waals surface area contributed by atoms with Gasteiger partial charge in [-0.25, -0.2) is 8.78 Å². The maximum atomic E-state index is 15.3. The highest BCUT2D eigenvalue weighted by Gasteiger charge is 2.36. The van der Waals surface area contributed by atoms with Crippen LogP contribution in [0.2, 0.25) is 0 Å². The van der Waals surface area contributed by atoms with Crippen LogP contribution in [0.5, 0.6) is 5.75 Å². The van der Waals surface area contributed by atoms with Gasteiger partial charge in [-0.1, -0.05) is 36.4 Å². The molecule has 3 aromatic carbocycles. The Labute approximate surface area is 159 Å². The van der Waals surface area contributed by atoms with Crippen LogP contribution in [0.25, 0.3) is 0 Å². The zero-order valence-electron chi connectivity index (χ0n) is 15.1. The highest BCUT2D eigenvalue weighted by molar-refractivity contribution is 6.28. The van der Waals surface area contributed by atoms with E-state index in [2.05, 4.69) is 5.32 Å². The van der Waals surface area contributed by atoms with Crippen molar-refractivity contribution in [2.75, 3.05) is 12.4 Å². The van der Waals surface area contributed by atoms with Gasteiger partial charge in [0.1, 0.15) is 11.6 Å². The Bertz CT molecular complexity index is 1150. The largest absolute Gasteiger partial charge is 0.495 e. The van der Waals surface area contributed by atoms with Crippen LogP contribution >= 0.6 is 0 Å². The minimum atomic E-state index is -0.977. The summed E-state index contributed by atoms with van der Waals surface area (Å²) in [4.78, 5) is 25.5. The molecule has 0 aliphatic heterocycles. The smallest absolute Gasteiger partial charge is 0.197 e. The summed E-state index contributed by atoms with van der Waals surface area (Å²) in [5.41, 5.74) is -0.0296. The highest BCUT2D eigenvalue weighted by atomic mass is 19.1. The van der Waals surface area contributed by atoms with Crippen LogP contribution in [-0.4, -0.2) is 18.7 Å². The van der Waals surface area contributed by atoms with Gasteiger partial charge in [-0.3, -0.25) is 9.59 Å². The quantitative estimate of drug-likeness (QED) is 0.556. The van der Waals surface area contributed by atoms with Gasteiger partial charge in [0.15, 0.2) is 17.4 Å². The number of para-hydroxylation sites is 1. The number of anilines is 2. The Morgan fingerprint density at radius 2 is 1.54 bits per heavy atom. The summed E-state index contributed by atoms with van der Waals surface area (Å²) >= 11 is 0. The maximum absolute atomic E-state index is 15.3. The third kappa shape index (κ3) is 2.57. The molecule has 0 saturated heterocycles. The summed E-state index contributed by atoms with van der Waals surface area (Å²) in [5.74, 6) is -2.93. The molecule has 1 aliphatic carbocycles. The molecule has 0 radical (unpaired) electrons. The van der Waals surface area contributed by atoms with Gasteiger partial charge in [0.25, 0.3) is 0 Å². The Balaban J connectivity index is 1.90. The normalized spacial score (nSPS) is 12.4. The fraction of sp³-hybridized carbons (Fsp3) is 0.0909. The molecule has 28 heavy (non-hydrogen) atoms. The van der Waals surface area contributed by atoms with Crippen LogP contribution < -0.4 is 10.1 Å². The number of carbonyl (C=O) groups is 2. The van der Waals surface area contributed by atoms with E-state index in [0.717, 1.165) is 11.6 Å². The second-order valence-electron chi connectivity index (χ2n) is 6.45. The second kappa shape index (κ2) is 6.56. The minimum Gasteiger partial charge on any atom is -0.495 e. The number of nitrogens with one attached hydrogen (secondary N) is 1. The second-order valence-corrected chi connectivity index (χ2v) is 6.45. The first-order valence-electron chi connectivity index (χ1n) is 8.55. The van der Waals surface area contributed by atoms with E-state index in [0.29, 0.717) is 11.4 Å². The molecule has 0 heterocycles. The molecular formula is C22H15F2NO3. The lowest BCUT2D eigenvalue weighted by atomic mass is 9.83. The van der Waals surface area contributed by atoms with Gasteiger partial charge in [0, 0.05) is 17.2 Å². The van der Waals surface area contributed by atoms with Crippen molar-refractivity contribution >= 4 is 22.9 Å². The predicted octanol–water partition coefficient (Wildman–Crippen LogP) is 4.80. The summed E-state index contributed by atoms with van der Waals surface area (Å²) in [6, 6.07) is 12.1. The molecule has 0 unspecified atom stereocenters. The van der Waals surface area contributed by atoms with Gasteiger partial charge < -0.3 is 10.1 Å². The molecule has 4 nitrogen and oxygen atoms in total. The Kier molecular flexibility index (Phi) is 4.19. The van der Waals surface area contributed by atoms with Gasteiger partial charge in [0.05, 0.1) is 29.6 Å². The Morgan fingerprint density at radius 3 is 2.18 bits per heavy atom. The van der Waals surface area contributed by atoms with Gasteiger partial charge in [0.2, 0.25) is 0 Å². The number of hydrogen-bond acceptors (Lipinski definition) is 4. The van der Waals surface area contributed by atoms with Crippen LogP contribution in [0.3, 0.4) is 0 Å². The number of carbonyl (C=O) groups excluding carboxylic acids is 2. The first kappa shape index (κ1) is 17.9. The maximum Gasteiger partial charge on any atom is 0.197 e. The molecule has 6 heteroatoms. The zero-order valence-corrected chi connectivity index (χ0v) is 15.1. The molecule has 0 spiro atoms. The molecule has 140 valence electrons. The number of ketones is 2. The number of benzene rings is 3. The molecule has 0 fully saturated rings. The number of aryl methyl sites for hydroxylation is 1. The third-order valence-electron chi connectivity index (χ3n) is 4.80. The molecule has 1 aliphatic rings. The number of methoxy groups -OCH3 is 1. The molecule has 0 atom stereocenters. The molecule has 0 amide bonds. The van der Waals surface area contributed by atoms with Crippen molar-refractivity contribution in [2.45, 2.75) is 6.92 Å². The van der Waals surface area contributed by atoms with E-state index in [1.807, 2.05) is 0 Å². The standard InChI is InChI=1S/C22H15F2NO3/c1-11-6-5-9-16(28-2)20(11)25-15-10-14(23)17-18(19(15)24)22(27)13-8-4-3-7-12(13)21(17)26/h3-10,25H,1-2H3. The molecule has 0 aromatic heterocycles. The van der Waals surface area contributed by atoms with Gasteiger partial charge in [-0.05, 0) is 18.6 Å². The van der Waals surface area contributed by atoms with Crippen molar-refractivity contribution < 1.29 is 23.1 Å². The number of ether oxygens (including phenoxy) is 1. The first-order chi connectivity index (χ1) is 13.4.